The van der Waals surface area contributed by atoms with Crippen LogP contribution in [0.4, 0.5) is 0 Å². The van der Waals surface area contributed by atoms with E-state index < -0.39 is 10.4 Å². The Hall–Kier alpha value is 0.220. The Morgan fingerprint density at radius 2 is 0.941 bits per heavy atom. The molecule has 34 heavy (non-hydrogen) atoms. The molecule has 0 aliphatic rings. The molecule has 0 rings (SSSR count). The van der Waals surface area contributed by atoms with Crippen molar-refractivity contribution in [2.24, 2.45) is 0 Å². The van der Waals surface area contributed by atoms with Gasteiger partial charge in [-0.2, -0.15) is 0 Å². The first-order valence-corrected chi connectivity index (χ1v) is 17.4. The fourth-order valence-corrected chi connectivity index (χ4v) is 7.70. The maximum atomic E-state index is 9.45. The Bertz CT molecular complexity index is 471. The molecule has 0 amide bonds. The SMILES string of the molecule is CCCCCCCCCCC(C)[S+](CC)C(C)CCCCCCCCCC.CCOS(=O)(=O)[O-]. The summed E-state index contributed by atoms with van der Waals surface area (Å²) in [5.74, 6) is 1.41. The normalized spacial score (nSPS) is 14.3. The van der Waals surface area contributed by atoms with Gasteiger partial charge in [-0.05, 0) is 64.3 Å². The molecule has 0 aromatic rings. The summed E-state index contributed by atoms with van der Waals surface area (Å²) in [5.41, 5.74) is 0. The number of unbranched alkanes of at least 4 members (excludes halogenated alkanes) is 14. The predicted octanol–water partition coefficient (Wildman–Crippen LogP) is 8.95. The van der Waals surface area contributed by atoms with Crippen LogP contribution in [-0.4, -0.2) is 35.8 Å². The van der Waals surface area contributed by atoms with Crippen molar-refractivity contribution in [3.05, 3.63) is 0 Å². The van der Waals surface area contributed by atoms with Gasteiger partial charge in [0.25, 0.3) is 0 Å². The topological polar surface area (TPSA) is 66.4 Å². The monoisotopic (exact) mass is 524 g/mol. The summed E-state index contributed by atoms with van der Waals surface area (Å²) in [7, 11) is -3.77. The van der Waals surface area contributed by atoms with Gasteiger partial charge in [-0.15, -0.1) is 0 Å². The molecule has 0 bridgehead atoms. The van der Waals surface area contributed by atoms with Gasteiger partial charge in [-0.3, -0.25) is 4.18 Å². The number of hydrogen-bond acceptors (Lipinski definition) is 4. The van der Waals surface area contributed by atoms with E-state index in [1.54, 1.807) is 0 Å². The van der Waals surface area contributed by atoms with Crippen LogP contribution in [-0.2, 0) is 25.5 Å². The van der Waals surface area contributed by atoms with Crippen molar-refractivity contribution in [3.63, 3.8) is 0 Å². The highest BCUT2D eigenvalue weighted by atomic mass is 32.3. The van der Waals surface area contributed by atoms with Gasteiger partial charge in [0.05, 0.1) is 6.61 Å². The van der Waals surface area contributed by atoms with Crippen LogP contribution in [0.2, 0.25) is 0 Å². The van der Waals surface area contributed by atoms with E-state index in [-0.39, 0.29) is 6.61 Å². The maximum Gasteiger partial charge on any atom is 0.217 e. The summed E-state index contributed by atoms with van der Waals surface area (Å²) < 4.78 is 32.0. The number of hydrogen-bond donors (Lipinski definition) is 0. The second-order valence-electron chi connectivity index (χ2n) is 9.72. The van der Waals surface area contributed by atoms with E-state index in [4.69, 9.17) is 0 Å². The minimum Gasteiger partial charge on any atom is -0.726 e. The molecule has 4 nitrogen and oxygen atoms in total. The molecule has 0 fully saturated rings. The van der Waals surface area contributed by atoms with Crippen molar-refractivity contribution < 1.29 is 17.2 Å². The molecule has 0 aliphatic heterocycles. The third-order valence-corrected chi connectivity index (χ3v) is 10.3. The van der Waals surface area contributed by atoms with E-state index in [2.05, 4.69) is 38.8 Å². The van der Waals surface area contributed by atoms with Crippen molar-refractivity contribution in [1.29, 1.82) is 0 Å². The molecule has 0 heterocycles. The van der Waals surface area contributed by atoms with Crippen molar-refractivity contribution in [1.82, 2.24) is 0 Å². The van der Waals surface area contributed by atoms with Crippen LogP contribution in [0.1, 0.15) is 157 Å². The molecule has 208 valence electrons. The average molecular weight is 525 g/mol. The van der Waals surface area contributed by atoms with Crippen LogP contribution in [0.5, 0.6) is 0 Å². The van der Waals surface area contributed by atoms with Crippen molar-refractivity contribution in [3.8, 4) is 0 Å². The van der Waals surface area contributed by atoms with Gasteiger partial charge in [-0.1, -0.05) is 104 Å². The highest BCUT2D eigenvalue weighted by molar-refractivity contribution is 7.97. The first kappa shape index (κ1) is 36.4. The summed E-state index contributed by atoms with van der Waals surface area (Å²) in [6, 6.07) is 0. The first-order valence-electron chi connectivity index (χ1n) is 14.5. The van der Waals surface area contributed by atoms with Crippen LogP contribution in [0.15, 0.2) is 0 Å². The highest BCUT2D eigenvalue weighted by Crippen LogP contribution is 2.23. The van der Waals surface area contributed by atoms with Gasteiger partial charge in [0.1, 0.15) is 16.3 Å². The fraction of sp³-hybridized carbons (Fsp3) is 1.00. The number of rotatable bonds is 23. The molecule has 0 saturated carbocycles. The molecule has 0 aromatic heterocycles. The molecule has 0 saturated heterocycles. The van der Waals surface area contributed by atoms with Crippen LogP contribution < -0.4 is 0 Å². The lowest BCUT2D eigenvalue weighted by molar-refractivity contribution is 0.275. The molecule has 2 unspecified atom stereocenters. The predicted molar refractivity (Wildman–Crippen MR) is 153 cm³/mol. The lowest BCUT2D eigenvalue weighted by Crippen LogP contribution is -2.30. The van der Waals surface area contributed by atoms with Gasteiger partial charge in [0, 0.05) is 0 Å². The summed E-state index contributed by atoms with van der Waals surface area (Å²) in [5, 5.41) is 1.92. The van der Waals surface area contributed by atoms with Gasteiger partial charge < -0.3 is 4.55 Å². The summed E-state index contributed by atoms with van der Waals surface area (Å²) in [4.78, 5) is 0. The lowest BCUT2D eigenvalue weighted by Gasteiger charge is -2.20. The second-order valence-corrected chi connectivity index (χ2v) is 13.9. The molecule has 0 N–H and O–H groups in total. The van der Waals surface area contributed by atoms with Gasteiger partial charge in [-0.25, -0.2) is 8.42 Å². The summed E-state index contributed by atoms with van der Waals surface area (Å²) in [6.45, 7) is 13.5. The smallest absolute Gasteiger partial charge is 0.217 e. The minimum atomic E-state index is -4.42. The highest BCUT2D eigenvalue weighted by Gasteiger charge is 2.30. The quantitative estimate of drug-likeness (QED) is 0.0579. The van der Waals surface area contributed by atoms with E-state index in [9.17, 15) is 13.0 Å². The molecular formula is C28H60O4S2. The molecule has 0 radical (unpaired) electrons. The zero-order chi connectivity index (χ0) is 26.1. The zero-order valence-electron chi connectivity index (χ0n) is 23.7. The van der Waals surface area contributed by atoms with Crippen LogP contribution in [0.3, 0.4) is 0 Å². The summed E-state index contributed by atoms with van der Waals surface area (Å²) in [6.07, 6.45) is 26.2. The Morgan fingerprint density at radius 3 is 1.18 bits per heavy atom. The van der Waals surface area contributed by atoms with E-state index >= 15 is 0 Å². The standard InChI is InChI=1S/C26H55S.C2H6O4S/c1-6-9-11-13-15-17-19-21-23-25(4)27(8-3)26(5)24-22-20-18-16-14-12-10-7-2;1-2-6-7(3,4)5/h25-26H,6-24H2,1-5H3;2H2,1H3,(H,3,4,5)/q+1;/p-1. The van der Waals surface area contributed by atoms with Crippen molar-refractivity contribution >= 4 is 21.3 Å². The average Bonchev–Trinajstić information content (AvgIpc) is 2.77. The van der Waals surface area contributed by atoms with Gasteiger partial charge >= 0.3 is 0 Å². The van der Waals surface area contributed by atoms with Crippen LogP contribution in [0, 0.1) is 0 Å². The minimum absolute atomic E-state index is 0.0914. The third kappa shape index (κ3) is 26.8. The van der Waals surface area contributed by atoms with E-state index in [1.165, 1.54) is 128 Å². The zero-order valence-corrected chi connectivity index (χ0v) is 25.4. The third-order valence-electron chi connectivity index (χ3n) is 6.56. The van der Waals surface area contributed by atoms with E-state index in [0.717, 1.165) is 10.5 Å². The van der Waals surface area contributed by atoms with Crippen molar-refractivity contribution in [2.45, 2.75) is 168 Å². The molecular weight excluding hydrogens is 464 g/mol. The van der Waals surface area contributed by atoms with Gasteiger partial charge in [0.15, 0.2) is 0 Å². The Kier molecular flexibility index (Phi) is 28.1. The van der Waals surface area contributed by atoms with E-state index in [1.807, 2.05) is 0 Å². The molecule has 6 heteroatoms. The van der Waals surface area contributed by atoms with Crippen LogP contribution in [0.25, 0.3) is 0 Å². The largest absolute Gasteiger partial charge is 0.726 e. The lowest BCUT2D eigenvalue weighted by atomic mass is 10.1. The Morgan fingerprint density at radius 1 is 0.618 bits per heavy atom. The Balaban J connectivity index is 0. The summed E-state index contributed by atoms with van der Waals surface area (Å²) >= 11 is 0. The fourth-order valence-electron chi connectivity index (χ4n) is 4.54. The maximum absolute atomic E-state index is 9.45. The van der Waals surface area contributed by atoms with E-state index in [0.29, 0.717) is 10.9 Å². The Labute approximate surface area is 218 Å². The van der Waals surface area contributed by atoms with Crippen LogP contribution >= 0.6 is 0 Å². The van der Waals surface area contributed by atoms with Gasteiger partial charge in [0.2, 0.25) is 10.4 Å². The molecule has 0 aromatic carbocycles. The second kappa shape index (κ2) is 26.3. The first-order chi connectivity index (χ1) is 16.2. The molecule has 0 aliphatic carbocycles. The molecule has 2 atom stereocenters. The van der Waals surface area contributed by atoms with Crippen molar-refractivity contribution in [2.75, 3.05) is 12.4 Å². The molecule has 0 spiro atoms.